The Morgan fingerprint density at radius 3 is 2.72 bits per heavy atom. The lowest BCUT2D eigenvalue weighted by atomic mass is 9.47. The van der Waals surface area contributed by atoms with E-state index in [-0.39, 0.29) is 22.6 Å². The minimum atomic E-state index is 0.0841. The molecule has 1 N–H and O–H groups in total. The van der Waals surface area contributed by atoms with E-state index in [2.05, 4.69) is 30.2 Å². The second-order valence-corrected chi connectivity index (χ2v) is 11.4. The molecule has 0 unspecified atom stereocenters. The van der Waals surface area contributed by atoms with Gasteiger partial charge in [0.1, 0.15) is 0 Å². The van der Waals surface area contributed by atoms with Gasteiger partial charge in [0.05, 0.1) is 11.9 Å². The van der Waals surface area contributed by atoms with Gasteiger partial charge in [-0.3, -0.25) is 14.6 Å². The van der Waals surface area contributed by atoms with Crippen molar-refractivity contribution in [3.63, 3.8) is 0 Å². The molecule has 1 aromatic heterocycles. The molecular weight excluding hydrogens is 398 g/mol. The van der Waals surface area contributed by atoms with Crippen LogP contribution in [-0.4, -0.2) is 34.8 Å². The molecule has 2 heterocycles. The zero-order valence-corrected chi connectivity index (χ0v) is 19.9. The van der Waals surface area contributed by atoms with E-state index in [0.717, 1.165) is 24.2 Å². The number of carbonyl (C=O) groups is 2. The topological polar surface area (TPSA) is 62.3 Å². The monoisotopic (exact) mass is 435 g/mol. The van der Waals surface area contributed by atoms with Crippen molar-refractivity contribution in [1.82, 2.24) is 9.88 Å². The van der Waals surface area contributed by atoms with Crippen LogP contribution >= 0.6 is 0 Å². The van der Waals surface area contributed by atoms with Crippen LogP contribution in [0.4, 0.5) is 5.69 Å². The van der Waals surface area contributed by atoms with Crippen LogP contribution in [0.15, 0.2) is 30.5 Å². The van der Waals surface area contributed by atoms with Gasteiger partial charge in [0.25, 0.3) is 0 Å². The van der Waals surface area contributed by atoms with E-state index in [1.54, 1.807) is 6.20 Å². The molecule has 7 atom stereocenters. The van der Waals surface area contributed by atoms with Gasteiger partial charge >= 0.3 is 0 Å². The van der Waals surface area contributed by atoms with Gasteiger partial charge in [0.15, 0.2) is 0 Å². The third kappa shape index (κ3) is 3.31. The molecule has 2 amide bonds. The summed E-state index contributed by atoms with van der Waals surface area (Å²) in [5.74, 6) is 2.75. The third-order valence-corrected chi connectivity index (χ3v) is 9.95. The Kier molecular flexibility index (Phi) is 5.22. The van der Waals surface area contributed by atoms with Gasteiger partial charge in [0, 0.05) is 30.6 Å². The van der Waals surface area contributed by atoms with E-state index in [1.807, 2.05) is 37.1 Å². The van der Waals surface area contributed by atoms with Crippen LogP contribution in [0.5, 0.6) is 0 Å². The summed E-state index contributed by atoms with van der Waals surface area (Å²) in [7, 11) is 1.98. The SMILES string of the molecule is Cc1ccc(NC(=O)C[C@H]2CC[C@H]3[C@@H]4CC[C@H]5N(C)C(=O)C=C[C@]5(C)[C@H]4CC[C@]23C)cn1. The molecule has 0 aromatic carbocycles. The standard InChI is InChI=1S/C27H37N3O2/c1-17-5-7-19(16-28-17)29-24(31)15-18-6-9-21-20-8-10-23-27(3,14-12-25(32)30(23)4)22(20)11-13-26(18,21)2/h5,7,12,14,16,18,20-23H,6,8-11,13,15H2,1-4H3,(H,29,31)/t18-,20+,21+,22+,23-,26-,27-/m1/s1. The van der Waals surface area contributed by atoms with E-state index in [0.29, 0.717) is 36.1 Å². The maximum Gasteiger partial charge on any atom is 0.246 e. The minimum Gasteiger partial charge on any atom is -0.338 e. The molecule has 0 bridgehead atoms. The number of aryl methyl sites for hydroxylation is 1. The lowest BCUT2D eigenvalue weighted by molar-refractivity contribution is -0.139. The number of amides is 2. The largest absolute Gasteiger partial charge is 0.338 e. The molecule has 1 aliphatic heterocycles. The highest BCUT2D eigenvalue weighted by molar-refractivity contribution is 5.90. The summed E-state index contributed by atoms with van der Waals surface area (Å²) in [4.78, 5) is 31.4. The van der Waals surface area contributed by atoms with Gasteiger partial charge in [-0.15, -0.1) is 0 Å². The molecular formula is C27H37N3O2. The second-order valence-electron chi connectivity index (χ2n) is 11.4. The molecule has 0 radical (unpaired) electrons. The number of carbonyl (C=O) groups excluding carboxylic acids is 2. The summed E-state index contributed by atoms with van der Waals surface area (Å²) in [5.41, 5.74) is 2.07. The number of nitrogens with one attached hydrogen (secondary N) is 1. The van der Waals surface area contributed by atoms with Gasteiger partial charge in [-0.05, 0) is 92.7 Å². The van der Waals surface area contributed by atoms with Crippen LogP contribution in [0, 0.1) is 41.4 Å². The van der Waals surface area contributed by atoms with E-state index in [9.17, 15) is 9.59 Å². The Balaban J connectivity index is 1.31. The maximum atomic E-state index is 12.9. The summed E-state index contributed by atoms with van der Waals surface area (Å²) in [6.07, 6.45) is 13.5. The van der Waals surface area contributed by atoms with Crippen molar-refractivity contribution in [2.24, 2.45) is 34.5 Å². The fourth-order valence-electron chi connectivity index (χ4n) is 8.16. The molecule has 5 heteroatoms. The van der Waals surface area contributed by atoms with Crippen molar-refractivity contribution in [2.45, 2.75) is 71.8 Å². The van der Waals surface area contributed by atoms with Crippen LogP contribution in [0.25, 0.3) is 0 Å². The van der Waals surface area contributed by atoms with Crippen molar-refractivity contribution in [1.29, 1.82) is 0 Å². The van der Waals surface area contributed by atoms with Crippen molar-refractivity contribution >= 4 is 17.5 Å². The Morgan fingerprint density at radius 2 is 1.97 bits per heavy atom. The number of hydrogen-bond donors (Lipinski definition) is 1. The summed E-state index contributed by atoms with van der Waals surface area (Å²) in [6.45, 7) is 6.81. The van der Waals surface area contributed by atoms with Crippen molar-refractivity contribution in [3.8, 4) is 0 Å². The molecule has 5 rings (SSSR count). The van der Waals surface area contributed by atoms with Gasteiger partial charge in [-0.1, -0.05) is 19.9 Å². The summed E-state index contributed by atoms with van der Waals surface area (Å²) in [6, 6.07) is 4.20. The average Bonchev–Trinajstić information content (AvgIpc) is 3.09. The minimum absolute atomic E-state index is 0.0841. The van der Waals surface area contributed by atoms with Crippen molar-refractivity contribution in [3.05, 3.63) is 36.2 Å². The first-order valence-corrected chi connectivity index (χ1v) is 12.4. The highest BCUT2D eigenvalue weighted by Crippen LogP contribution is 2.65. The van der Waals surface area contributed by atoms with Crippen molar-refractivity contribution in [2.75, 3.05) is 12.4 Å². The lowest BCUT2D eigenvalue weighted by Crippen LogP contribution is -2.59. The van der Waals surface area contributed by atoms with Gasteiger partial charge < -0.3 is 10.2 Å². The molecule has 32 heavy (non-hydrogen) atoms. The number of aromatic nitrogens is 1. The van der Waals surface area contributed by atoms with Gasteiger partial charge in [-0.25, -0.2) is 0 Å². The number of rotatable bonds is 3. The number of fused-ring (bicyclic) bond motifs is 5. The number of hydrogen-bond acceptors (Lipinski definition) is 3. The van der Waals surface area contributed by atoms with Crippen molar-refractivity contribution < 1.29 is 9.59 Å². The van der Waals surface area contributed by atoms with Crippen LogP contribution in [0.3, 0.4) is 0 Å². The number of pyridine rings is 1. The summed E-state index contributed by atoms with van der Waals surface area (Å²) in [5, 5.41) is 3.07. The Bertz CT molecular complexity index is 941. The first kappa shape index (κ1) is 21.7. The molecule has 4 aliphatic rings. The predicted molar refractivity (Wildman–Crippen MR) is 126 cm³/mol. The maximum absolute atomic E-state index is 12.9. The fourth-order valence-corrected chi connectivity index (χ4v) is 8.16. The smallest absolute Gasteiger partial charge is 0.246 e. The normalized spacial score (nSPS) is 40.4. The third-order valence-electron chi connectivity index (χ3n) is 9.95. The fraction of sp³-hybridized carbons (Fsp3) is 0.667. The predicted octanol–water partition coefficient (Wildman–Crippen LogP) is 4.97. The molecule has 5 nitrogen and oxygen atoms in total. The second kappa shape index (κ2) is 7.71. The zero-order chi connectivity index (χ0) is 22.7. The quantitative estimate of drug-likeness (QED) is 0.729. The lowest BCUT2D eigenvalue weighted by Gasteiger charge is -2.60. The Labute approximate surface area is 192 Å². The van der Waals surface area contributed by atoms with Crippen LogP contribution in [0.1, 0.15) is 64.5 Å². The van der Waals surface area contributed by atoms with E-state index in [4.69, 9.17) is 0 Å². The summed E-state index contributed by atoms with van der Waals surface area (Å²) >= 11 is 0. The first-order chi connectivity index (χ1) is 15.2. The van der Waals surface area contributed by atoms with E-state index < -0.39 is 0 Å². The van der Waals surface area contributed by atoms with E-state index >= 15 is 0 Å². The number of likely N-dealkylation sites (N-methyl/N-ethyl adjacent to an activating group) is 1. The molecule has 0 spiro atoms. The molecule has 1 aromatic rings. The van der Waals surface area contributed by atoms with E-state index in [1.165, 1.54) is 25.7 Å². The number of nitrogens with zero attached hydrogens (tertiary/aromatic N) is 2. The molecule has 3 saturated carbocycles. The van der Waals surface area contributed by atoms with Gasteiger partial charge in [0.2, 0.25) is 11.8 Å². The molecule has 3 aliphatic carbocycles. The first-order valence-electron chi connectivity index (χ1n) is 12.4. The summed E-state index contributed by atoms with van der Waals surface area (Å²) < 4.78 is 0. The average molecular weight is 436 g/mol. The highest BCUT2D eigenvalue weighted by Gasteiger charge is 2.60. The van der Waals surface area contributed by atoms with Crippen LogP contribution < -0.4 is 5.32 Å². The number of anilines is 1. The zero-order valence-electron chi connectivity index (χ0n) is 19.9. The van der Waals surface area contributed by atoms with Crippen LogP contribution in [0.2, 0.25) is 0 Å². The molecule has 0 saturated heterocycles. The van der Waals surface area contributed by atoms with Gasteiger partial charge in [-0.2, -0.15) is 0 Å². The highest BCUT2D eigenvalue weighted by atomic mass is 16.2. The molecule has 3 fully saturated rings. The van der Waals surface area contributed by atoms with Crippen LogP contribution in [-0.2, 0) is 9.59 Å². The molecule has 172 valence electrons. The Morgan fingerprint density at radius 1 is 1.16 bits per heavy atom. The Hall–Kier alpha value is -2.17.